The fourth-order valence-electron chi connectivity index (χ4n) is 1.33. The van der Waals surface area contributed by atoms with Crippen molar-refractivity contribution in [1.82, 2.24) is 19.7 Å². The predicted molar refractivity (Wildman–Crippen MR) is 59.6 cm³/mol. The minimum Gasteiger partial charge on any atom is -0.488 e. The SMILES string of the molecule is CC(C)Oc1cnn(-c2nccnc2C#N)c1. The molecule has 0 bridgehead atoms. The smallest absolute Gasteiger partial charge is 0.190 e. The molecule has 0 amide bonds. The van der Waals surface area contributed by atoms with Crippen LogP contribution in [0.3, 0.4) is 0 Å². The Bertz CT molecular complexity index is 555. The van der Waals surface area contributed by atoms with Gasteiger partial charge in [-0.15, -0.1) is 0 Å². The van der Waals surface area contributed by atoms with Crippen LogP contribution < -0.4 is 4.74 Å². The van der Waals surface area contributed by atoms with E-state index in [9.17, 15) is 0 Å². The third-order valence-electron chi connectivity index (χ3n) is 1.93. The predicted octanol–water partition coefficient (Wildman–Crippen LogP) is 1.32. The van der Waals surface area contributed by atoms with Gasteiger partial charge in [-0.2, -0.15) is 10.4 Å². The number of ether oxygens (including phenoxy) is 1. The highest BCUT2D eigenvalue weighted by atomic mass is 16.5. The number of nitriles is 1. The summed E-state index contributed by atoms with van der Waals surface area (Å²) in [6.07, 6.45) is 6.31. The van der Waals surface area contributed by atoms with Crippen molar-refractivity contribution >= 4 is 0 Å². The highest BCUT2D eigenvalue weighted by molar-refractivity contribution is 5.37. The average Bonchev–Trinajstić information content (AvgIpc) is 2.76. The molecular weight excluding hydrogens is 218 g/mol. The summed E-state index contributed by atoms with van der Waals surface area (Å²) in [5.74, 6) is 1.03. The van der Waals surface area contributed by atoms with Crippen LogP contribution in [0.4, 0.5) is 0 Å². The van der Waals surface area contributed by atoms with E-state index in [1.807, 2.05) is 19.9 Å². The van der Waals surface area contributed by atoms with Crippen LogP contribution in [0.2, 0.25) is 0 Å². The van der Waals surface area contributed by atoms with Gasteiger partial charge in [0.1, 0.15) is 6.07 Å². The van der Waals surface area contributed by atoms with Gasteiger partial charge in [0.05, 0.1) is 18.5 Å². The molecule has 0 atom stereocenters. The second kappa shape index (κ2) is 4.61. The fraction of sp³-hybridized carbons (Fsp3) is 0.273. The number of hydrogen-bond donors (Lipinski definition) is 0. The first-order chi connectivity index (χ1) is 8.20. The zero-order chi connectivity index (χ0) is 12.3. The number of rotatable bonds is 3. The van der Waals surface area contributed by atoms with Crippen LogP contribution in [-0.4, -0.2) is 25.9 Å². The largest absolute Gasteiger partial charge is 0.488 e. The zero-order valence-electron chi connectivity index (χ0n) is 9.53. The molecule has 0 aliphatic carbocycles. The monoisotopic (exact) mass is 229 g/mol. The Balaban J connectivity index is 2.34. The van der Waals surface area contributed by atoms with Gasteiger partial charge in [-0.05, 0) is 13.8 Å². The van der Waals surface area contributed by atoms with E-state index in [0.29, 0.717) is 11.6 Å². The zero-order valence-corrected chi connectivity index (χ0v) is 9.53. The highest BCUT2D eigenvalue weighted by Gasteiger charge is 2.09. The molecule has 0 aliphatic rings. The van der Waals surface area contributed by atoms with Crippen molar-refractivity contribution in [2.45, 2.75) is 20.0 Å². The molecule has 6 nitrogen and oxygen atoms in total. The third kappa shape index (κ3) is 2.39. The number of hydrogen-bond acceptors (Lipinski definition) is 5. The van der Waals surface area contributed by atoms with Gasteiger partial charge in [0.2, 0.25) is 0 Å². The molecule has 6 heteroatoms. The van der Waals surface area contributed by atoms with Crippen molar-refractivity contribution in [1.29, 1.82) is 5.26 Å². The second-order valence-corrected chi connectivity index (χ2v) is 3.63. The summed E-state index contributed by atoms with van der Waals surface area (Å²) >= 11 is 0. The van der Waals surface area contributed by atoms with Gasteiger partial charge >= 0.3 is 0 Å². The molecule has 0 aromatic carbocycles. The molecule has 2 aromatic rings. The van der Waals surface area contributed by atoms with E-state index in [1.165, 1.54) is 17.1 Å². The summed E-state index contributed by atoms with van der Waals surface area (Å²) in [5.41, 5.74) is 0.228. The molecule has 2 heterocycles. The van der Waals surface area contributed by atoms with Crippen LogP contribution in [0, 0.1) is 11.3 Å². The van der Waals surface area contributed by atoms with E-state index in [0.717, 1.165) is 0 Å². The topological polar surface area (TPSA) is 76.6 Å². The van der Waals surface area contributed by atoms with Crippen molar-refractivity contribution in [2.75, 3.05) is 0 Å². The fourth-order valence-corrected chi connectivity index (χ4v) is 1.33. The Kier molecular flexibility index (Phi) is 3.01. The third-order valence-corrected chi connectivity index (χ3v) is 1.93. The maximum Gasteiger partial charge on any atom is 0.190 e. The summed E-state index contributed by atoms with van der Waals surface area (Å²) in [5, 5.41) is 13.0. The van der Waals surface area contributed by atoms with Crippen LogP contribution in [0.5, 0.6) is 5.75 Å². The maximum atomic E-state index is 8.91. The Morgan fingerprint density at radius 1 is 1.35 bits per heavy atom. The van der Waals surface area contributed by atoms with E-state index in [1.54, 1.807) is 12.4 Å². The standard InChI is InChI=1S/C11H11N5O/c1-8(2)17-9-6-15-16(7-9)11-10(5-12)13-3-4-14-11/h3-4,6-8H,1-2H3. The summed E-state index contributed by atoms with van der Waals surface area (Å²) in [6, 6.07) is 1.97. The first-order valence-corrected chi connectivity index (χ1v) is 5.13. The lowest BCUT2D eigenvalue weighted by atomic mass is 10.4. The van der Waals surface area contributed by atoms with E-state index < -0.39 is 0 Å². The van der Waals surface area contributed by atoms with Crippen LogP contribution >= 0.6 is 0 Å². The Morgan fingerprint density at radius 3 is 2.82 bits per heavy atom. The van der Waals surface area contributed by atoms with Crippen molar-refractivity contribution in [3.8, 4) is 17.6 Å². The van der Waals surface area contributed by atoms with Crippen LogP contribution in [0.15, 0.2) is 24.8 Å². The van der Waals surface area contributed by atoms with Crippen molar-refractivity contribution < 1.29 is 4.74 Å². The van der Waals surface area contributed by atoms with Crippen molar-refractivity contribution in [3.05, 3.63) is 30.5 Å². The van der Waals surface area contributed by atoms with Gasteiger partial charge in [-0.25, -0.2) is 14.6 Å². The number of aromatic nitrogens is 4. The maximum absolute atomic E-state index is 8.91. The van der Waals surface area contributed by atoms with E-state index in [2.05, 4.69) is 15.1 Å². The van der Waals surface area contributed by atoms with E-state index in [-0.39, 0.29) is 11.8 Å². The first-order valence-electron chi connectivity index (χ1n) is 5.13. The Morgan fingerprint density at radius 2 is 2.12 bits per heavy atom. The van der Waals surface area contributed by atoms with Crippen LogP contribution in [0.1, 0.15) is 19.5 Å². The van der Waals surface area contributed by atoms with E-state index in [4.69, 9.17) is 10.00 Å². The lowest BCUT2D eigenvalue weighted by molar-refractivity contribution is 0.242. The lowest BCUT2D eigenvalue weighted by Gasteiger charge is -2.05. The van der Waals surface area contributed by atoms with Crippen molar-refractivity contribution in [3.63, 3.8) is 0 Å². The second-order valence-electron chi connectivity index (χ2n) is 3.63. The molecule has 17 heavy (non-hydrogen) atoms. The molecule has 0 fully saturated rings. The van der Waals surface area contributed by atoms with Crippen LogP contribution in [0.25, 0.3) is 5.82 Å². The molecule has 0 radical (unpaired) electrons. The minimum atomic E-state index is 0.0740. The molecule has 0 unspecified atom stereocenters. The molecule has 0 N–H and O–H groups in total. The molecular formula is C11H11N5O. The van der Waals surface area contributed by atoms with Gasteiger partial charge in [-0.1, -0.05) is 0 Å². The quantitative estimate of drug-likeness (QED) is 0.793. The van der Waals surface area contributed by atoms with E-state index >= 15 is 0 Å². The molecule has 2 rings (SSSR count). The van der Waals surface area contributed by atoms with Gasteiger partial charge < -0.3 is 4.74 Å². The highest BCUT2D eigenvalue weighted by Crippen LogP contribution is 2.14. The molecule has 0 spiro atoms. The minimum absolute atomic E-state index is 0.0740. The molecule has 2 aromatic heterocycles. The normalized spacial score (nSPS) is 10.2. The van der Waals surface area contributed by atoms with Gasteiger partial charge in [0.15, 0.2) is 17.3 Å². The first kappa shape index (κ1) is 11.1. The molecule has 86 valence electrons. The average molecular weight is 229 g/mol. The molecule has 0 saturated carbocycles. The molecule has 0 saturated heterocycles. The summed E-state index contributed by atoms with van der Waals surface area (Å²) < 4.78 is 6.95. The van der Waals surface area contributed by atoms with Crippen molar-refractivity contribution in [2.24, 2.45) is 0 Å². The van der Waals surface area contributed by atoms with Crippen LogP contribution in [-0.2, 0) is 0 Å². The summed E-state index contributed by atoms with van der Waals surface area (Å²) in [6.45, 7) is 3.86. The Hall–Kier alpha value is -2.42. The lowest BCUT2D eigenvalue weighted by Crippen LogP contribution is -2.05. The summed E-state index contributed by atoms with van der Waals surface area (Å²) in [7, 11) is 0. The molecule has 0 aliphatic heterocycles. The Labute approximate surface area is 98.5 Å². The van der Waals surface area contributed by atoms with Gasteiger partial charge in [0, 0.05) is 12.4 Å². The van der Waals surface area contributed by atoms with Gasteiger partial charge in [-0.3, -0.25) is 0 Å². The summed E-state index contributed by atoms with van der Waals surface area (Å²) in [4.78, 5) is 7.99. The van der Waals surface area contributed by atoms with Gasteiger partial charge in [0.25, 0.3) is 0 Å². The number of nitrogens with zero attached hydrogens (tertiary/aromatic N) is 5.